The Morgan fingerprint density at radius 3 is 2.05 bits per heavy atom. The summed E-state index contributed by atoms with van der Waals surface area (Å²) in [5.41, 5.74) is 3.44. The lowest BCUT2D eigenvalue weighted by Gasteiger charge is -2.08. The highest BCUT2D eigenvalue weighted by atomic mass is 19.3. The third-order valence-corrected chi connectivity index (χ3v) is 3.22. The van der Waals surface area contributed by atoms with E-state index in [1.165, 1.54) is 17.7 Å². The van der Waals surface area contributed by atoms with Crippen LogP contribution in [0.3, 0.4) is 0 Å². The molecule has 0 fully saturated rings. The molecular weight excluding hydrogens is 256 g/mol. The highest BCUT2D eigenvalue weighted by Crippen LogP contribution is 2.19. The largest absolute Gasteiger partial charge is 0.381 e. The molecular formula is C17H19F2N. The Morgan fingerprint density at radius 2 is 1.50 bits per heavy atom. The fraction of sp³-hybridized carbons (Fsp3) is 0.294. The molecule has 0 saturated heterocycles. The molecule has 0 saturated carbocycles. The number of benzene rings is 2. The SMILES string of the molecule is CCCc1ccc(NCc2ccc(C(F)F)cc2)cc1. The van der Waals surface area contributed by atoms with Crippen LogP contribution in [0.15, 0.2) is 48.5 Å². The molecule has 2 rings (SSSR count). The van der Waals surface area contributed by atoms with Crippen LogP contribution in [0.2, 0.25) is 0 Å². The van der Waals surface area contributed by atoms with Gasteiger partial charge in [-0.2, -0.15) is 0 Å². The molecule has 106 valence electrons. The van der Waals surface area contributed by atoms with E-state index in [-0.39, 0.29) is 5.56 Å². The van der Waals surface area contributed by atoms with E-state index in [0.717, 1.165) is 24.1 Å². The number of nitrogens with one attached hydrogen (secondary N) is 1. The van der Waals surface area contributed by atoms with E-state index < -0.39 is 6.43 Å². The molecule has 0 aliphatic rings. The Kier molecular flexibility index (Phi) is 5.10. The normalized spacial score (nSPS) is 10.8. The van der Waals surface area contributed by atoms with Crippen molar-refractivity contribution >= 4 is 5.69 Å². The maximum absolute atomic E-state index is 12.4. The van der Waals surface area contributed by atoms with Gasteiger partial charge in [0.25, 0.3) is 6.43 Å². The van der Waals surface area contributed by atoms with Crippen LogP contribution in [-0.4, -0.2) is 0 Å². The summed E-state index contributed by atoms with van der Waals surface area (Å²) in [4.78, 5) is 0. The lowest BCUT2D eigenvalue weighted by atomic mass is 10.1. The number of rotatable bonds is 6. The molecule has 0 unspecified atom stereocenters. The fourth-order valence-corrected chi connectivity index (χ4v) is 2.06. The molecule has 0 aromatic heterocycles. The van der Waals surface area contributed by atoms with Crippen molar-refractivity contribution in [1.29, 1.82) is 0 Å². The molecule has 3 heteroatoms. The first-order valence-electron chi connectivity index (χ1n) is 6.89. The van der Waals surface area contributed by atoms with Crippen LogP contribution in [-0.2, 0) is 13.0 Å². The van der Waals surface area contributed by atoms with E-state index in [2.05, 4.69) is 36.5 Å². The molecule has 1 N–H and O–H groups in total. The van der Waals surface area contributed by atoms with Gasteiger partial charge in [-0.15, -0.1) is 0 Å². The van der Waals surface area contributed by atoms with E-state index in [1.807, 2.05) is 0 Å². The Labute approximate surface area is 118 Å². The highest BCUT2D eigenvalue weighted by molar-refractivity contribution is 5.45. The van der Waals surface area contributed by atoms with Crippen molar-refractivity contribution < 1.29 is 8.78 Å². The second kappa shape index (κ2) is 7.04. The molecule has 1 nitrogen and oxygen atoms in total. The average Bonchev–Trinajstić information content (AvgIpc) is 2.47. The second-order valence-electron chi connectivity index (χ2n) is 4.84. The van der Waals surface area contributed by atoms with Gasteiger partial charge in [0, 0.05) is 17.8 Å². The number of alkyl halides is 2. The molecule has 20 heavy (non-hydrogen) atoms. The van der Waals surface area contributed by atoms with Gasteiger partial charge in [0.15, 0.2) is 0 Å². The zero-order valence-corrected chi connectivity index (χ0v) is 11.6. The summed E-state index contributed by atoms with van der Waals surface area (Å²) < 4.78 is 24.9. The van der Waals surface area contributed by atoms with Gasteiger partial charge in [0.2, 0.25) is 0 Å². The molecule has 0 amide bonds. The lowest BCUT2D eigenvalue weighted by Crippen LogP contribution is -1.99. The number of anilines is 1. The molecule has 2 aromatic carbocycles. The number of hydrogen-bond acceptors (Lipinski definition) is 1. The Balaban J connectivity index is 1.91. The quantitative estimate of drug-likeness (QED) is 0.765. The Bertz CT molecular complexity index is 518. The Morgan fingerprint density at radius 1 is 0.900 bits per heavy atom. The maximum Gasteiger partial charge on any atom is 0.263 e. The molecule has 2 aromatic rings. The highest BCUT2D eigenvalue weighted by Gasteiger charge is 2.05. The molecule has 0 bridgehead atoms. The first kappa shape index (κ1) is 14.5. The zero-order chi connectivity index (χ0) is 14.4. The molecule has 0 spiro atoms. The van der Waals surface area contributed by atoms with E-state index in [0.29, 0.717) is 6.54 Å². The fourth-order valence-electron chi connectivity index (χ4n) is 2.06. The summed E-state index contributed by atoms with van der Waals surface area (Å²) in [5, 5.41) is 3.29. The lowest BCUT2D eigenvalue weighted by molar-refractivity contribution is 0.151. The van der Waals surface area contributed by atoms with Crippen molar-refractivity contribution in [3.05, 3.63) is 65.2 Å². The first-order chi connectivity index (χ1) is 9.69. The van der Waals surface area contributed by atoms with Crippen molar-refractivity contribution in [2.75, 3.05) is 5.32 Å². The summed E-state index contributed by atoms with van der Waals surface area (Å²) in [7, 11) is 0. The van der Waals surface area contributed by atoms with Crippen molar-refractivity contribution in [2.45, 2.75) is 32.7 Å². The van der Waals surface area contributed by atoms with E-state index in [9.17, 15) is 8.78 Å². The smallest absolute Gasteiger partial charge is 0.263 e. The van der Waals surface area contributed by atoms with Crippen LogP contribution in [0.5, 0.6) is 0 Å². The van der Waals surface area contributed by atoms with Crippen molar-refractivity contribution in [1.82, 2.24) is 0 Å². The second-order valence-corrected chi connectivity index (χ2v) is 4.84. The molecule has 0 radical (unpaired) electrons. The van der Waals surface area contributed by atoms with Crippen LogP contribution in [0, 0.1) is 0 Å². The van der Waals surface area contributed by atoms with Crippen LogP contribution < -0.4 is 5.32 Å². The van der Waals surface area contributed by atoms with Crippen molar-refractivity contribution in [3.63, 3.8) is 0 Å². The summed E-state index contributed by atoms with van der Waals surface area (Å²) in [6, 6.07) is 14.8. The molecule has 0 atom stereocenters. The van der Waals surface area contributed by atoms with E-state index >= 15 is 0 Å². The van der Waals surface area contributed by atoms with Crippen LogP contribution >= 0.6 is 0 Å². The van der Waals surface area contributed by atoms with Crippen molar-refractivity contribution in [2.24, 2.45) is 0 Å². The zero-order valence-electron chi connectivity index (χ0n) is 11.6. The predicted molar refractivity (Wildman–Crippen MR) is 79.2 cm³/mol. The third-order valence-electron chi connectivity index (χ3n) is 3.22. The van der Waals surface area contributed by atoms with Gasteiger partial charge in [0.1, 0.15) is 0 Å². The monoisotopic (exact) mass is 275 g/mol. The molecule has 0 heterocycles. The number of halogens is 2. The number of aryl methyl sites for hydroxylation is 1. The van der Waals surface area contributed by atoms with Crippen molar-refractivity contribution in [3.8, 4) is 0 Å². The van der Waals surface area contributed by atoms with E-state index in [1.54, 1.807) is 12.1 Å². The summed E-state index contributed by atoms with van der Waals surface area (Å²) in [5.74, 6) is 0. The van der Waals surface area contributed by atoms with Gasteiger partial charge in [-0.1, -0.05) is 49.7 Å². The van der Waals surface area contributed by atoms with Crippen LogP contribution in [0.25, 0.3) is 0 Å². The minimum absolute atomic E-state index is 0.0673. The summed E-state index contributed by atoms with van der Waals surface area (Å²) in [6.07, 6.45) is -0.165. The standard InChI is InChI=1S/C17H19F2N/c1-2-3-13-6-10-16(11-7-13)20-12-14-4-8-15(9-5-14)17(18)19/h4-11,17,20H,2-3,12H2,1H3. The van der Waals surface area contributed by atoms with Crippen LogP contribution in [0.1, 0.15) is 36.5 Å². The maximum atomic E-state index is 12.4. The van der Waals surface area contributed by atoms with Gasteiger partial charge in [-0.05, 0) is 29.7 Å². The average molecular weight is 275 g/mol. The minimum Gasteiger partial charge on any atom is -0.381 e. The summed E-state index contributed by atoms with van der Waals surface area (Å²) >= 11 is 0. The van der Waals surface area contributed by atoms with Gasteiger partial charge >= 0.3 is 0 Å². The van der Waals surface area contributed by atoms with E-state index in [4.69, 9.17) is 0 Å². The number of hydrogen-bond donors (Lipinski definition) is 1. The third kappa shape index (κ3) is 4.05. The topological polar surface area (TPSA) is 12.0 Å². The van der Waals surface area contributed by atoms with Gasteiger partial charge in [-0.25, -0.2) is 8.78 Å². The van der Waals surface area contributed by atoms with Gasteiger partial charge < -0.3 is 5.32 Å². The summed E-state index contributed by atoms with van der Waals surface area (Å²) in [6.45, 7) is 2.80. The Hall–Kier alpha value is -1.90. The first-order valence-corrected chi connectivity index (χ1v) is 6.89. The molecule has 0 aliphatic carbocycles. The molecule has 0 aliphatic heterocycles. The van der Waals surface area contributed by atoms with Crippen LogP contribution in [0.4, 0.5) is 14.5 Å². The predicted octanol–water partition coefficient (Wildman–Crippen LogP) is 5.19. The van der Waals surface area contributed by atoms with Gasteiger partial charge in [0.05, 0.1) is 0 Å². The minimum atomic E-state index is -2.40. The van der Waals surface area contributed by atoms with Gasteiger partial charge in [-0.3, -0.25) is 0 Å².